The Morgan fingerprint density at radius 3 is 0.600 bits per heavy atom. The average molecular weight is 134 g/mol. The summed E-state index contributed by atoms with van der Waals surface area (Å²) in [5.41, 5.74) is 0. The van der Waals surface area contributed by atoms with Crippen molar-refractivity contribution in [3.8, 4) is 0 Å². The molecule has 0 bridgehead atoms. The Balaban J connectivity index is 0. The molecule has 0 nitrogen and oxygen atoms in total. The van der Waals surface area contributed by atoms with Crippen LogP contribution in [0.2, 0.25) is 0 Å². The molecule has 0 saturated heterocycles. The average Bonchev–Trinajstić information content (AvgIpc) is 0. The first kappa shape index (κ1) is 162. The molecule has 0 aliphatic heterocycles. The summed E-state index contributed by atoms with van der Waals surface area (Å²) in [6, 6.07) is 0. The van der Waals surface area contributed by atoms with E-state index in [1.54, 1.807) is 0 Å². The Labute approximate surface area is 49.8 Å². The van der Waals surface area contributed by atoms with E-state index in [9.17, 15) is 0 Å². The predicted octanol–water partition coefficient (Wildman–Crippen LogP) is 1.41. The summed E-state index contributed by atoms with van der Waals surface area (Å²) < 4.78 is 0. The molecule has 5 heavy (non-hydrogen) atoms. The van der Waals surface area contributed by atoms with E-state index in [2.05, 4.69) is 0 Å². The molecule has 0 aromatic carbocycles. The zero-order valence-electron chi connectivity index (χ0n) is 4.09. The second kappa shape index (κ2) is 85.6. The molecule has 0 aliphatic rings. The van der Waals surface area contributed by atoms with E-state index in [4.69, 9.17) is 0 Å². The summed E-state index contributed by atoms with van der Waals surface area (Å²) in [5, 5.41) is 0. The molecule has 1 atom stereocenters. The molecule has 36 valence electrons. The van der Waals surface area contributed by atoms with E-state index in [-0.39, 0.29) is 49.2 Å². The first-order valence-corrected chi connectivity index (χ1v) is 0. The third kappa shape index (κ3) is 47.8. The zero-order chi connectivity index (χ0) is 0. The maximum atomic E-state index is 0. The number of hydrogen-bond acceptors (Lipinski definition) is 0. The van der Waals surface area contributed by atoms with Crippen LogP contribution < -0.4 is 0 Å². The van der Waals surface area contributed by atoms with Crippen LogP contribution in [0.1, 0.15) is 0 Å². The van der Waals surface area contributed by atoms with Crippen molar-refractivity contribution in [2.75, 3.05) is 0 Å². The zero-order valence-corrected chi connectivity index (χ0v) is 6.68. The predicted molar refractivity (Wildman–Crippen MR) is 30.3 cm³/mol. The van der Waals surface area contributed by atoms with Crippen LogP contribution in [0.5, 0.6) is 0 Å². The topological polar surface area (TPSA) is 0 Å². The van der Waals surface area contributed by atoms with Crippen LogP contribution in [0, 0.1) is 22.3 Å². The molecule has 0 fully saturated rings. The van der Waals surface area contributed by atoms with Gasteiger partial charge in [-0.05, 0) is 0 Å². The summed E-state index contributed by atoms with van der Waals surface area (Å²) in [4.78, 5) is 0. The summed E-state index contributed by atoms with van der Waals surface area (Å²) >= 11 is 0. The van der Waals surface area contributed by atoms with Crippen LogP contribution in [-0.2, 0) is 17.1 Å². The molecule has 2 heteroatoms. The van der Waals surface area contributed by atoms with Crippen LogP contribution in [0.4, 0.5) is 0 Å². The van der Waals surface area contributed by atoms with Gasteiger partial charge in [-0.15, -0.1) is 0 Å². The molecule has 0 saturated carbocycles. The molecule has 0 rings (SSSR count). The van der Waals surface area contributed by atoms with Crippen molar-refractivity contribution in [3.05, 3.63) is 22.3 Å². The van der Waals surface area contributed by atoms with Gasteiger partial charge in [0.15, 0.2) is 0 Å². The molecule has 0 heterocycles. The molecule has 1 unspecified atom stereocenters. The fourth-order valence-corrected chi connectivity index (χ4v) is 0. The molecule has 0 N–H and O–H groups in total. The van der Waals surface area contributed by atoms with Crippen LogP contribution in [0.25, 0.3) is 0 Å². The van der Waals surface area contributed by atoms with E-state index in [0.29, 0.717) is 0 Å². The minimum Gasteiger partial charge on any atom is -0.358 e. The van der Waals surface area contributed by atoms with Crippen molar-refractivity contribution in [2.45, 2.75) is 0 Å². The van der Waals surface area contributed by atoms with Gasteiger partial charge in [-0.3, -0.25) is 0 Å². The Morgan fingerprint density at radius 2 is 0.600 bits per heavy atom. The number of rotatable bonds is 0. The largest absolute Gasteiger partial charge is 3.00 e. The standard InChI is InChI=1S/3CH3.Mn.H3P/h3*1H3;;1H3/q3*-1;+3;. The van der Waals surface area contributed by atoms with E-state index in [1.807, 2.05) is 0 Å². The number of hydrogen-bond donors (Lipinski definition) is 0. The minimum absolute atomic E-state index is 0. The second-order valence-corrected chi connectivity index (χ2v) is 0. The van der Waals surface area contributed by atoms with Crippen LogP contribution in [0.3, 0.4) is 0 Å². The van der Waals surface area contributed by atoms with Crippen molar-refractivity contribution < 1.29 is 17.1 Å². The van der Waals surface area contributed by atoms with Gasteiger partial charge in [0.2, 0.25) is 0 Å². The second-order valence-electron chi connectivity index (χ2n) is 0. The van der Waals surface area contributed by atoms with Gasteiger partial charge in [-0.25, -0.2) is 0 Å². The van der Waals surface area contributed by atoms with Gasteiger partial charge < -0.3 is 22.3 Å². The van der Waals surface area contributed by atoms with Gasteiger partial charge in [0, 0.05) is 0 Å². The van der Waals surface area contributed by atoms with Gasteiger partial charge >= 0.3 is 17.1 Å². The quantitative estimate of drug-likeness (QED) is 0.267. The Morgan fingerprint density at radius 1 is 0.600 bits per heavy atom. The fraction of sp³-hybridized carbons (Fsp3) is 0. The summed E-state index contributed by atoms with van der Waals surface area (Å²) in [5.74, 6) is 0. The first-order valence-electron chi connectivity index (χ1n) is 0. The third-order valence-electron chi connectivity index (χ3n) is 0. The van der Waals surface area contributed by atoms with Gasteiger partial charge in [0.05, 0.1) is 0 Å². The van der Waals surface area contributed by atoms with Crippen molar-refractivity contribution >= 4 is 9.90 Å². The normalized spacial score (nSPS) is 0. The first-order chi connectivity index (χ1) is 0. The SMILES string of the molecule is P.[CH3-].[CH3-].[CH3-].[Mn+3]. The van der Waals surface area contributed by atoms with E-state index < -0.39 is 0 Å². The third-order valence-corrected chi connectivity index (χ3v) is 0. The van der Waals surface area contributed by atoms with E-state index >= 15 is 0 Å². The smallest absolute Gasteiger partial charge is 0.358 e. The summed E-state index contributed by atoms with van der Waals surface area (Å²) in [7, 11) is 0. The molecule has 0 amide bonds. The van der Waals surface area contributed by atoms with Crippen LogP contribution >= 0.6 is 9.90 Å². The summed E-state index contributed by atoms with van der Waals surface area (Å²) in [6.07, 6.45) is 0. The molecular formula is C3H12MnP. The van der Waals surface area contributed by atoms with Crippen molar-refractivity contribution in [2.24, 2.45) is 0 Å². The maximum Gasteiger partial charge on any atom is 3.00 e. The Hall–Kier alpha value is 0.949. The van der Waals surface area contributed by atoms with E-state index in [1.165, 1.54) is 0 Å². The monoisotopic (exact) mass is 134 g/mol. The molecule has 0 aromatic rings. The molecule has 0 spiro atoms. The van der Waals surface area contributed by atoms with Gasteiger partial charge in [0.1, 0.15) is 0 Å². The Kier molecular flexibility index (Phi) is 2770. The molecule has 0 aliphatic carbocycles. The van der Waals surface area contributed by atoms with Gasteiger partial charge in [0.25, 0.3) is 0 Å². The Bertz CT molecular complexity index is 6.85. The van der Waals surface area contributed by atoms with Crippen molar-refractivity contribution in [1.82, 2.24) is 0 Å². The van der Waals surface area contributed by atoms with Gasteiger partial charge in [-0.1, -0.05) is 0 Å². The maximum absolute atomic E-state index is 0. The van der Waals surface area contributed by atoms with Crippen molar-refractivity contribution in [1.29, 1.82) is 0 Å². The molecule has 0 aromatic heterocycles. The van der Waals surface area contributed by atoms with E-state index in [0.717, 1.165) is 0 Å². The van der Waals surface area contributed by atoms with Gasteiger partial charge in [-0.2, -0.15) is 9.90 Å². The molecule has 0 radical (unpaired) electrons. The summed E-state index contributed by atoms with van der Waals surface area (Å²) in [6.45, 7) is 0. The van der Waals surface area contributed by atoms with Crippen LogP contribution in [0.15, 0.2) is 0 Å². The molecular weight excluding hydrogens is 122 g/mol. The van der Waals surface area contributed by atoms with Crippen LogP contribution in [-0.4, -0.2) is 0 Å². The minimum atomic E-state index is 0. The van der Waals surface area contributed by atoms with Crippen molar-refractivity contribution in [3.63, 3.8) is 0 Å². The fourth-order valence-electron chi connectivity index (χ4n) is 0.